The van der Waals surface area contributed by atoms with Gasteiger partial charge in [-0.05, 0) is 28.1 Å². The van der Waals surface area contributed by atoms with Crippen molar-refractivity contribution in [1.82, 2.24) is 10.2 Å². The molecular weight excluding hydrogens is 360 g/mol. The molecule has 1 aromatic rings. The van der Waals surface area contributed by atoms with Crippen LogP contribution in [-0.4, -0.2) is 48.8 Å². The van der Waals surface area contributed by atoms with E-state index < -0.39 is 36.7 Å². The second kappa shape index (κ2) is 6.70. The Morgan fingerprint density at radius 2 is 2.14 bits per heavy atom. The van der Waals surface area contributed by atoms with Gasteiger partial charge in [-0.15, -0.1) is 0 Å². The monoisotopic (exact) mass is 375 g/mol. The van der Waals surface area contributed by atoms with Crippen LogP contribution in [0.4, 0.5) is 14.5 Å². The van der Waals surface area contributed by atoms with E-state index in [4.69, 9.17) is 0 Å². The Labute approximate surface area is 135 Å². The largest absolute Gasteiger partial charge is 0.335 e. The standard InChI is InChI=1S/C14H16BrF2N3O2/c1-20(13(22)11-6-14(16,17)8-18-11)7-12(21)19-10-5-3-2-4-9(10)15/h2-5,11,18H,6-8H2,1H3,(H,19,21). The van der Waals surface area contributed by atoms with E-state index in [1.807, 2.05) is 0 Å². The molecule has 0 bridgehead atoms. The number of likely N-dealkylation sites (N-methyl/N-ethyl adjacent to an activating group) is 1. The average Bonchev–Trinajstić information content (AvgIpc) is 2.80. The molecule has 1 aliphatic heterocycles. The van der Waals surface area contributed by atoms with Gasteiger partial charge in [0.15, 0.2) is 0 Å². The first kappa shape index (κ1) is 16.8. The summed E-state index contributed by atoms with van der Waals surface area (Å²) in [6, 6.07) is 6.11. The van der Waals surface area contributed by atoms with E-state index in [0.717, 1.165) is 9.37 Å². The topological polar surface area (TPSA) is 61.4 Å². The number of anilines is 1. The van der Waals surface area contributed by atoms with E-state index in [2.05, 4.69) is 26.6 Å². The zero-order valence-corrected chi connectivity index (χ0v) is 13.5. The third kappa shape index (κ3) is 4.23. The molecule has 1 saturated heterocycles. The lowest BCUT2D eigenvalue weighted by Gasteiger charge is -2.20. The molecule has 1 unspecified atom stereocenters. The molecule has 120 valence electrons. The van der Waals surface area contributed by atoms with Crippen molar-refractivity contribution in [2.75, 3.05) is 25.5 Å². The maximum absolute atomic E-state index is 13.1. The summed E-state index contributed by atoms with van der Waals surface area (Å²) in [6.45, 7) is -0.718. The Bertz CT molecular complexity index is 583. The van der Waals surface area contributed by atoms with Gasteiger partial charge in [-0.1, -0.05) is 12.1 Å². The van der Waals surface area contributed by atoms with Crippen LogP contribution in [0.5, 0.6) is 0 Å². The number of hydrogen-bond donors (Lipinski definition) is 2. The number of rotatable bonds is 4. The van der Waals surface area contributed by atoms with Gasteiger partial charge in [0, 0.05) is 17.9 Å². The summed E-state index contributed by atoms with van der Waals surface area (Å²) in [7, 11) is 1.42. The summed E-state index contributed by atoms with van der Waals surface area (Å²) < 4.78 is 26.9. The molecule has 1 atom stereocenters. The normalized spacial score (nSPS) is 19.7. The molecule has 0 aromatic heterocycles. The van der Waals surface area contributed by atoms with Gasteiger partial charge in [0.2, 0.25) is 11.8 Å². The summed E-state index contributed by atoms with van der Waals surface area (Å²) >= 11 is 3.30. The van der Waals surface area contributed by atoms with Gasteiger partial charge in [0.05, 0.1) is 24.8 Å². The molecule has 0 saturated carbocycles. The minimum atomic E-state index is -2.88. The Kier molecular flexibility index (Phi) is 5.12. The smallest absolute Gasteiger partial charge is 0.262 e. The minimum Gasteiger partial charge on any atom is -0.335 e. The lowest BCUT2D eigenvalue weighted by Crippen LogP contribution is -2.44. The first-order valence-corrected chi connectivity index (χ1v) is 7.48. The number of halogens is 3. The Morgan fingerprint density at radius 1 is 1.45 bits per heavy atom. The maximum Gasteiger partial charge on any atom is 0.262 e. The molecule has 2 rings (SSSR count). The highest BCUT2D eigenvalue weighted by atomic mass is 79.9. The van der Waals surface area contributed by atoms with Gasteiger partial charge in [-0.25, -0.2) is 8.78 Å². The fourth-order valence-corrected chi connectivity index (χ4v) is 2.59. The molecule has 2 amide bonds. The van der Waals surface area contributed by atoms with Crippen molar-refractivity contribution >= 4 is 33.4 Å². The molecule has 0 spiro atoms. The quantitative estimate of drug-likeness (QED) is 0.843. The number of nitrogens with zero attached hydrogens (tertiary/aromatic N) is 1. The Balaban J connectivity index is 1.89. The van der Waals surface area contributed by atoms with Crippen molar-refractivity contribution in [2.45, 2.75) is 18.4 Å². The third-order valence-corrected chi connectivity index (χ3v) is 4.00. The number of hydrogen-bond acceptors (Lipinski definition) is 3. The van der Waals surface area contributed by atoms with Crippen molar-refractivity contribution in [3.63, 3.8) is 0 Å². The predicted molar refractivity (Wildman–Crippen MR) is 81.8 cm³/mol. The van der Waals surface area contributed by atoms with Crippen LogP contribution in [0.15, 0.2) is 28.7 Å². The van der Waals surface area contributed by atoms with Crippen molar-refractivity contribution in [3.05, 3.63) is 28.7 Å². The number of nitrogens with one attached hydrogen (secondary N) is 2. The molecular formula is C14H16BrF2N3O2. The first-order valence-electron chi connectivity index (χ1n) is 6.69. The van der Waals surface area contributed by atoms with Crippen LogP contribution < -0.4 is 10.6 Å². The van der Waals surface area contributed by atoms with Gasteiger partial charge >= 0.3 is 0 Å². The molecule has 0 radical (unpaired) electrons. The van der Waals surface area contributed by atoms with Crippen molar-refractivity contribution in [3.8, 4) is 0 Å². The highest BCUT2D eigenvalue weighted by Gasteiger charge is 2.43. The van der Waals surface area contributed by atoms with Crippen LogP contribution in [0.25, 0.3) is 0 Å². The van der Waals surface area contributed by atoms with E-state index in [1.54, 1.807) is 24.3 Å². The summed E-state index contributed by atoms with van der Waals surface area (Å²) in [6.07, 6.45) is -0.540. The maximum atomic E-state index is 13.1. The molecule has 5 nitrogen and oxygen atoms in total. The molecule has 1 aliphatic rings. The van der Waals surface area contributed by atoms with E-state index in [-0.39, 0.29) is 6.54 Å². The number of para-hydroxylation sites is 1. The zero-order chi connectivity index (χ0) is 16.3. The zero-order valence-electron chi connectivity index (χ0n) is 11.9. The van der Waals surface area contributed by atoms with Crippen LogP contribution in [0, 0.1) is 0 Å². The van der Waals surface area contributed by atoms with Crippen LogP contribution in [-0.2, 0) is 9.59 Å². The predicted octanol–water partition coefficient (Wildman–Crippen LogP) is 1.84. The highest BCUT2D eigenvalue weighted by Crippen LogP contribution is 2.26. The van der Waals surface area contributed by atoms with Crippen molar-refractivity contribution in [2.24, 2.45) is 0 Å². The fraction of sp³-hybridized carbons (Fsp3) is 0.429. The van der Waals surface area contributed by atoms with Gasteiger partial charge in [0.1, 0.15) is 0 Å². The lowest BCUT2D eigenvalue weighted by molar-refractivity contribution is -0.135. The van der Waals surface area contributed by atoms with E-state index in [1.165, 1.54) is 7.05 Å². The summed E-state index contributed by atoms with van der Waals surface area (Å²) in [5.41, 5.74) is 0.582. The van der Waals surface area contributed by atoms with Crippen LogP contribution in [0.3, 0.4) is 0 Å². The van der Waals surface area contributed by atoms with Gasteiger partial charge in [-0.3, -0.25) is 14.9 Å². The van der Waals surface area contributed by atoms with Gasteiger partial charge in [-0.2, -0.15) is 0 Å². The fourth-order valence-electron chi connectivity index (χ4n) is 2.20. The lowest BCUT2D eigenvalue weighted by atomic mass is 10.1. The molecule has 0 aliphatic carbocycles. The van der Waals surface area contributed by atoms with Crippen molar-refractivity contribution in [1.29, 1.82) is 0 Å². The third-order valence-electron chi connectivity index (χ3n) is 3.31. The minimum absolute atomic E-state index is 0.204. The summed E-state index contributed by atoms with van der Waals surface area (Å²) in [5, 5.41) is 5.13. The number of amides is 2. The van der Waals surface area contributed by atoms with Gasteiger partial charge in [0.25, 0.3) is 5.92 Å². The molecule has 1 heterocycles. The first-order chi connectivity index (χ1) is 10.3. The van der Waals surface area contributed by atoms with Crippen molar-refractivity contribution < 1.29 is 18.4 Å². The van der Waals surface area contributed by atoms with Crippen LogP contribution in [0.1, 0.15) is 6.42 Å². The van der Waals surface area contributed by atoms with E-state index in [9.17, 15) is 18.4 Å². The molecule has 1 aromatic carbocycles. The van der Waals surface area contributed by atoms with E-state index in [0.29, 0.717) is 5.69 Å². The average molecular weight is 376 g/mol. The second-order valence-corrected chi connectivity index (χ2v) is 6.07. The number of carbonyl (C=O) groups excluding carboxylic acids is 2. The number of benzene rings is 1. The Morgan fingerprint density at radius 3 is 2.73 bits per heavy atom. The molecule has 1 fully saturated rings. The molecule has 8 heteroatoms. The molecule has 22 heavy (non-hydrogen) atoms. The SMILES string of the molecule is CN(CC(=O)Nc1ccccc1Br)C(=O)C1CC(F)(F)CN1. The van der Waals surface area contributed by atoms with E-state index >= 15 is 0 Å². The second-order valence-electron chi connectivity index (χ2n) is 5.22. The van der Waals surface area contributed by atoms with Crippen LogP contribution >= 0.6 is 15.9 Å². The highest BCUT2D eigenvalue weighted by molar-refractivity contribution is 9.10. The van der Waals surface area contributed by atoms with Crippen LogP contribution in [0.2, 0.25) is 0 Å². The number of alkyl halides is 2. The summed E-state index contributed by atoms with van der Waals surface area (Å²) in [4.78, 5) is 25.1. The summed E-state index contributed by atoms with van der Waals surface area (Å²) in [5.74, 6) is -3.79. The number of carbonyl (C=O) groups is 2. The molecule has 2 N–H and O–H groups in total. The Hall–Kier alpha value is -1.54. The van der Waals surface area contributed by atoms with Gasteiger partial charge < -0.3 is 10.2 Å².